The summed E-state index contributed by atoms with van der Waals surface area (Å²) in [5.74, 6) is 0.872. The Hall–Kier alpha value is -3.39. The molecule has 2 heterocycles. The maximum atomic E-state index is 12.7. The summed E-state index contributed by atoms with van der Waals surface area (Å²) in [5.41, 5.74) is 4.21. The number of aryl methyl sites for hydroxylation is 1. The summed E-state index contributed by atoms with van der Waals surface area (Å²) in [6.07, 6.45) is 0. The largest absolute Gasteiger partial charge is 0.370 e. The fourth-order valence-electron chi connectivity index (χ4n) is 3.37. The number of para-hydroxylation sites is 2. The highest BCUT2D eigenvalue weighted by Crippen LogP contribution is 2.26. The molecule has 0 saturated carbocycles. The van der Waals surface area contributed by atoms with E-state index < -0.39 is 0 Å². The van der Waals surface area contributed by atoms with Crippen LogP contribution in [0, 0.1) is 13.8 Å². The van der Waals surface area contributed by atoms with Gasteiger partial charge in [-0.1, -0.05) is 42.1 Å². The van der Waals surface area contributed by atoms with Crippen LogP contribution >= 0.6 is 11.8 Å². The number of hydrogen-bond donors (Lipinski definition) is 2. The molecule has 0 aliphatic rings. The van der Waals surface area contributed by atoms with Crippen LogP contribution in [-0.2, 0) is 4.79 Å². The number of rotatable bonds is 7. The van der Waals surface area contributed by atoms with E-state index in [0.717, 1.165) is 46.0 Å². The van der Waals surface area contributed by atoms with Gasteiger partial charge in [-0.3, -0.25) is 4.79 Å². The molecule has 158 valence electrons. The smallest absolute Gasteiger partial charge is 0.234 e. The quantitative estimate of drug-likeness (QED) is 0.328. The molecule has 4 rings (SSSR count). The number of nitrogens with zero attached hydrogens (tertiary/aromatic N) is 4. The van der Waals surface area contributed by atoms with Gasteiger partial charge in [-0.2, -0.15) is 5.10 Å². The summed E-state index contributed by atoms with van der Waals surface area (Å²) in [7, 11) is 0. The summed E-state index contributed by atoms with van der Waals surface area (Å²) in [6, 6.07) is 17.7. The Balaban J connectivity index is 1.49. The van der Waals surface area contributed by atoms with E-state index in [0.29, 0.717) is 5.16 Å². The molecular weight excluding hydrogens is 408 g/mol. The van der Waals surface area contributed by atoms with Gasteiger partial charge < -0.3 is 10.6 Å². The van der Waals surface area contributed by atoms with Crippen molar-refractivity contribution in [3.8, 4) is 5.69 Å². The van der Waals surface area contributed by atoms with E-state index in [-0.39, 0.29) is 11.7 Å². The van der Waals surface area contributed by atoms with Gasteiger partial charge in [0.25, 0.3) is 0 Å². The van der Waals surface area contributed by atoms with Gasteiger partial charge in [-0.25, -0.2) is 14.6 Å². The molecule has 0 atom stereocenters. The van der Waals surface area contributed by atoms with E-state index in [9.17, 15) is 4.79 Å². The molecule has 31 heavy (non-hydrogen) atoms. The highest BCUT2D eigenvalue weighted by atomic mass is 32.2. The first-order chi connectivity index (χ1) is 15.1. The number of benzene rings is 2. The number of nitrogens with one attached hydrogen (secondary N) is 2. The predicted molar refractivity (Wildman–Crippen MR) is 126 cm³/mol. The van der Waals surface area contributed by atoms with Crippen molar-refractivity contribution in [3.63, 3.8) is 0 Å². The molecule has 8 heteroatoms. The number of carbonyl (C=O) groups is 1. The Kier molecular flexibility index (Phi) is 6.18. The van der Waals surface area contributed by atoms with Crippen LogP contribution < -0.4 is 10.6 Å². The summed E-state index contributed by atoms with van der Waals surface area (Å²) in [6.45, 7) is 6.63. The third-order valence-corrected chi connectivity index (χ3v) is 5.66. The van der Waals surface area contributed by atoms with Crippen molar-refractivity contribution in [2.45, 2.75) is 25.9 Å². The van der Waals surface area contributed by atoms with E-state index in [4.69, 9.17) is 0 Å². The van der Waals surface area contributed by atoms with Gasteiger partial charge in [0.15, 0.2) is 5.16 Å². The SMILES string of the molecule is CCNc1nc(SCC(=O)Nc2c(C)nn(-c3ccccc3)c2C)nc2ccccc12. The Bertz CT molecular complexity index is 1220. The molecule has 0 fully saturated rings. The molecule has 2 N–H and O–H groups in total. The number of fused-ring (bicyclic) bond motifs is 1. The summed E-state index contributed by atoms with van der Waals surface area (Å²) in [5, 5.41) is 12.4. The molecule has 0 aliphatic heterocycles. The molecule has 7 nitrogen and oxygen atoms in total. The molecule has 0 bridgehead atoms. The van der Waals surface area contributed by atoms with Crippen molar-refractivity contribution >= 4 is 40.1 Å². The first kappa shape index (κ1) is 20.9. The van der Waals surface area contributed by atoms with Crippen LogP contribution in [0.3, 0.4) is 0 Å². The van der Waals surface area contributed by atoms with E-state index in [1.54, 1.807) is 0 Å². The zero-order valence-corrected chi connectivity index (χ0v) is 18.5. The lowest BCUT2D eigenvalue weighted by Gasteiger charge is -2.09. The highest BCUT2D eigenvalue weighted by molar-refractivity contribution is 7.99. The number of carbonyl (C=O) groups excluding carboxylic acids is 1. The molecule has 0 aliphatic carbocycles. The Morgan fingerprint density at radius 3 is 2.55 bits per heavy atom. The maximum Gasteiger partial charge on any atom is 0.234 e. The van der Waals surface area contributed by atoms with Gasteiger partial charge in [0.1, 0.15) is 5.82 Å². The molecular formula is C23H24N6OS. The molecule has 0 spiro atoms. The Morgan fingerprint density at radius 1 is 1.03 bits per heavy atom. The van der Waals surface area contributed by atoms with Crippen molar-refractivity contribution in [1.82, 2.24) is 19.7 Å². The third kappa shape index (κ3) is 4.54. The number of anilines is 2. The van der Waals surface area contributed by atoms with Gasteiger partial charge in [0.2, 0.25) is 5.91 Å². The minimum atomic E-state index is -0.120. The Morgan fingerprint density at radius 2 is 1.77 bits per heavy atom. The minimum Gasteiger partial charge on any atom is -0.370 e. The average Bonchev–Trinajstić information content (AvgIpc) is 3.07. The van der Waals surface area contributed by atoms with Gasteiger partial charge in [0.05, 0.1) is 34.0 Å². The molecule has 0 saturated heterocycles. The van der Waals surface area contributed by atoms with Gasteiger partial charge >= 0.3 is 0 Å². The summed E-state index contributed by atoms with van der Waals surface area (Å²) >= 11 is 1.32. The summed E-state index contributed by atoms with van der Waals surface area (Å²) < 4.78 is 1.84. The molecule has 4 aromatic rings. The second-order valence-corrected chi connectivity index (χ2v) is 7.97. The van der Waals surface area contributed by atoms with E-state index in [2.05, 4.69) is 25.7 Å². The standard InChI is InChI=1S/C23H24N6OS/c1-4-24-22-18-12-8-9-13-19(18)25-23(27-22)31-14-20(30)26-21-15(2)28-29(16(21)3)17-10-6-5-7-11-17/h5-13H,4,14H2,1-3H3,(H,26,30)(H,24,25,27). The average molecular weight is 433 g/mol. The monoisotopic (exact) mass is 432 g/mol. The summed E-state index contributed by atoms with van der Waals surface area (Å²) in [4.78, 5) is 21.9. The second-order valence-electron chi connectivity index (χ2n) is 7.03. The number of thioether (sulfide) groups is 1. The van der Waals surface area contributed by atoms with Crippen LogP contribution in [0.2, 0.25) is 0 Å². The van der Waals surface area contributed by atoms with Gasteiger partial charge in [0, 0.05) is 11.9 Å². The highest BCUT2D eigenvalue weighted by Gasteiger charge is 2.16. The van der Waals surface area contributed by atoms with Crippen LogP contribution in [0.1, 0.15) is 18.3 Å². The topological polar surface area (TPSA) is 84.7 Å². The lowest BCUT2D eigenvalue weighted by atomic mass is 10.2. The number of aromatic nitrogens is 4. The number of amides is 1. The lowest BCUT2D eigenvalue weighted by Crippen LogP contribution is -2.15. The van der Waals surface area contributed by atoms with E-state index in [1.807, 2.05) is 80.1 Å². The van der Waals surface area contributed by atoms with Crippen molar-refractivity contribution < 1.29 is 4.79 Å². The van der Waals surface area contributed by atoms with E-state index >= 15 is 0 Å². The number of hydrogen-bond acceptors (Lipinski definition) is 6. The van der Waals surface area contributed by atoms with Crippen LogP contribution in [0.5, 0.6) is 0 Å². The predicted octanol–water partition coefficient (Wildman–Crippen LogP) is 4.59. The molecule has 2 aromatic heterocycles. The van der Waals surface area contributed by atoms with Gasteiger partial charge in [-0.05, 0) is 45.0 Å². The third-order valence-electron chi connectivity index (χ3n) is 4.82. The normalized spacial score (nSPS) is 10.9. The Labute approximate surface area is 185 Å². The zero-order valence-electron chi connectivity index (χ0n) is 17.7. The molecule has 1 amide bonds. The van der Waals surface area contributed by atoms with Crippen LogP contribution in [0.25, 0.3) is 16.6 Å². The first-order valence-electron chi connectivity index (χ1n) is 10.1. The molecule has 0 radical (unpaired) electrons. The second kappa shape index (κ2) is 9.18. The molecule has 2 aromatic carbocycles. The van der Waals surface area contributed by atoms with Crippen molar-refractivity contribution in [2.75, 3.05) is 22.9 Å². The zero-order chi connectivity index (χ0) is 21.8. The van der Waals surface area contributed by atoms with Crippen LogP contribution in [0.15, 0.2) is 59.8 Å². The first-order valence-corrected chi connectivity index (χ1v) is 11.1. The van der Waals surface area contributed by atoms with Crippen LogP contribution in [-0.4, -0.2) is 38.0 Å². The van der Waals surface area contributed by atoms with E-state index in [1.165, 1.54) is 11.8 Å². The van der Waals surface area contributed by atoms with Crippen LogP contribution in [0.4, 0.5) is 11.5 Å². The van der Waals surface area contributed by atoms with Crippen molar-refractivity contribution in [2.24, 2.45) is 0 Å². The minimum absolute atomic E-state index is 0.120. The van der Waals surface area contributed by atoms with Gasteiger partial charge in [-0.15, -0.1) is 0 Å². The maximum absolute atomic E-state index is 12.7. The van der Waals surface area contributed by atoms with Crippen molar-refractivity contribution in [1.29, 1.82) is 0 Å². The fraction of sp³-hybridized carbons (Fsp3) is 0.217. The lowest BCUT2D eigenvalue weighted by molar-refractivity contribution is -0.113. The molecule has 0 unspecified atom stereocenters. The van der Waals surface area contributed by atoms with Crippen molar-refractivity contribution in [3.05, 3.63) is 66.0 Å². The fourth-order valence-corrected chi connectivity index (χ4v) is 4.02.